The van der Waals surface area contributed by atoms with Crippen molar-refractivity contribution in [2.24, 2.45) is 5.92 Å². The van der Waals surface area contributed by atoms with Gasteiger partial charge in [-0.1, -0.05) is 6.07 Å². The number of aromatic nitrogens is 1. The Hall–Kier alpha value is -3.35. The topological polar surface area (TPSA) is 121 Å². The molecular weight excluding hydrogens is 388 g/mol. The van der Waals surface area contributed by atoms with Crippen LogP contribution in [0.3, 0.4) is 0 Å². The molecule has 0 atom stereocenters. The van der Waals surface area contributed by atoms with E-state index in [2.05, 4.69) is 11.1 Å². The summed E-state index contributed by atoms with van der Waals surface area (Å²) in [6.45, 7) is 5.53. The van der Waals surface area contributed by atoms with Gasteiger partial charge in [0.15, 0.2) is 11.8 Å². The number of anilines is 1. The van der Waals surface area contributed by atoms with E-state index in [4.69, 9.17) is 26.4 Å². The third-order valence-corrected chi connectivity index (χ3v) is 6.08. The lowest BCUT2D eigenvalue weighted by Crippen LogP contribution is -2.37. The number of rotatable bonds is 4. The van der Waals surface area contributed by atoms with Gasteiger partial charge in [0.05, 0.1) is 11.1 Å². The van der Waals surface area contributed by atoms with Gasteiger partial charge in [-0.2, -0.15) is 0 Å². The lowest BCUT2D eigenvalue weighted by Gasteiger charge is -2.31. The van der Waals surface area contributed by atoms with Gasteiger partial charge in [0.2, 0.25) is 0 Å². The first-order chi connectivity index (χ1) is 14.7. The van der Waals surface area contributed by atoms with Crippen molar-refractivity contribution in [3.8, 4) is 11.1 Å². The molecular formula is C24H28N6O. The van der Waals surface area contributed by atoms with Gasteiger partial charge in [0.1, 0.15) is 11.7 Å². The van der Waals surface area contributed by atoms with Crippen LogP contribution in [0, 0.1) is 27.6 Å². The molecule has 160 valence electrons. The molecule has 0 spiro atoms. The molecule has 1 saturated carbocycles. The van der Waals surface area contributed by atoms with E-state index >= 15 is 0 Å². The third-order valence-electron chi connectivity index (χ3n) is 6.08. The number of nitrogens with one attached hydrogen (secondary N) is 4. The Morgan fingerprint density at radius 3 is 2.48 bits per heavy atom. The lowest BCUT2D eigenvalue weighted by molar-refractivity contribution is 0.446. The van der Waals surface area contributed by atoms with Crippen LogP contribution in [0.1, 0.15) is 51.2 Å². The Morgan fingerprint density at radius 2 is 1.81 bits per heavy atom. The molecule has 1 fully saturated rings. The Labute approximate surface area is 182 Å². The van der Waals surface area contributed by atoms with Gasteiger partial charge in [-0.3, -0.25) is 31.5 Å². The Bertz CT molecular complexity index is 1100. The molecule has 1 aromatic carbocycles. The van der Waals surface area contributed by atoms with Crippen molar-refractivity contribution in [2.45, 2.75) is 51.9 Å². The van der Waals surface area contributed by atoms with Gasteiger partial charge in [-0.15, -0.1) is 0 Å². The Balaban J connectivity index is 1.62. The number of ether oxygens (including phenoxy) is 1. The van der Waals surface area contributed by atoms with Gasteiger partial charge in [0.25, 0.3) is 0 Å². The van der Waals surface area contributed by atoms with Crippen LogP contribution in [-0.4, -0.2) is 28.5 Å². The van der Waals surface area contributed by atoms with Crippen LogP contribution in [0.5, 0.6) is 0 Å². The number of fused-ring (bicyclic) bond motifs is 1. The molecule has 7 heteroatoms. The molecule has 0 unspecified atom stereocenters. The molecule has 0 radical (unpaired) electrons. The highest BCUT2D eigenvalue weighted by molar-refractivity contribution is 6.17. The van der Waals surface area contributed by atoms with E-state index in [0.717, 1.165) is 47.2 Å². The second-order valence-corrected chi connectivity index (χ2v) is 8.87. The average Bonchev–Trinajstić information content (AvgIpc) is 3.58. The molecule has 2 heterocycles. The standard InChI is InChI=1S/C24H28N6O/c1-14(25)30-20-8-6-16(10-17(20)7-9-21(30)26)18-11-19(13-29-12-18)24(2,3)23(28)31-22(27)15-4-5-15/h6,8,10-13,15,25-28H,4-5,7,9H2,1-3H3. The summed E-state index contributed by atoms with van der Waals surface area (Å²) in [7, 11) is 0. The summed E-state index contributed by atoms with van der Waals surface area (Å²) >= 11 is 0. The van der Waals surface area contributed by atoms with E-state index in [1.165, 1.54) is 0 Å². The molecule has 0 saturated heterocycles. The monoisotopic (exact) mass is 416 g/mol. The van der Waals surface area contributed by atoms with Crippen LogP contribution in [0.2, 0.25) is 0 Å². The highest BCUT2D eigenvalue weighted by atomic mass is 16.5. The van der Waals surface area contributed by atoms with E-state index < -0.39 is 5.41 Å². The molecule has 2 aromatic rings. The molecule has 0 bridgehead atoms. The molecule has 4 rings (SSSR count). The van der Waals surface area contributed by atoms with Crippen molar-refractivity contribution < 1.29 is 4.74 Å². The van der Waals surface area contributed by atoms with Gasteiger partial charge in [-0.05, 0) is 74.9 Å². The lowest BCUT2D eigenvalue weighted by atomic mass is 9.84. The van der Waals surface area contributed by atoms with Crippen molar-refractivity contribution >= 4 is 29.2 Å². The van der Waals surface area contributed by atoms with E-state index in [9.17, 15) is 0 Å². The van der Waals surface area contributed by atoms with Crippen molar-refractivity contribution in [3.63, 3.8) is 0 Å². The molecule has 0 amide bonds. The number of nitrogens with zero attached hydrogens (tertiary/aromatic N) is 2. The molecule has 1 aliphatic carbocycles. The number of hydrogen-bond donors (Lipinski definition) is 4. The fourth-order valence-corrected chi connectivity index (χ4v) is 3.81. The summed E-state index contributed by atoms with van der Waals surface area (Å²) in [6.07, 6.45) is 6.88. The SMILES string of the molecule is CC(=N)N1C(=N)CCc2cc(-c3cncc(C(C)(C)C(=N)OC(=N)C4CC4)c3)ccc21. The van der Waals surface area contributed by atoms with Crippen molar-refractivity contribution in [3.05, 3.63) is 47.8 Å². The van der Waals surface area contributed by atoms with Crippen LogP contribution in [0.4, 0.5) is 5.69 Å². The summed E-state index contributed by atoms with van der Waals surface area (Å²) < 4.78 is 5.55. The van der Waals surface area contributed by atoms with E-state index in [-0.39, 0.29) is 17.7 Å². The predicted octanol–water partition coefficient (Wildman–Crippen LogP) is 5.13. The Kier molecular flexibility index (Phi) is 5.21. The zero-order chi connectivity index (χ0) is 22.3. The number of amidine groups is 2. The van der Waals surface area contributed by atoms with Gasteiger partial charge < -0.3 is 4.74 Å². The van der Waals surface area contributed by atoms with Crippen molar-refractivity contribution in [2.75, 3.05) is 4.90 Å². The van der Waals surface area contributed by atoms with Crippen LogP contribution in [0.25, 0.3) is 11.1 Å². The molecule has 1 aliphatic heterocycles. The molecule has 2 aliphatic rings. The van der Waals surface area contributed by atoms with Crippen molar-refractivity contribution in [1.82, 2.24) is 4.98 Å². The van der Waals surface area contributed by atoms with Crippen molar-refractivity contribution in [1.29, 1.82) is 21.6 Å². The summed E-state index contributed by atoms with van der Waals surface area (Å²) in [5.41, 5.74) is 4.11. The fraction of sp³-hybridized carbons (Fsp3) is 0.375. The number of hydrogen-bond acceptors (Lipinski definition) is 6. The first kappa shape index (κ1) is 20.9. The van der Waals surface area contributed by atoms with E-state index in [0.29, 0.717) is 18.1 Å². The third kappa shape index (κ3) is 4.00. The van der Waals surface area contributed by atoms with Gasteiger partial charge >= 0.3 is 0 Å². The fourth-order valence-electron chi connectivity index (χ4n) is 3.81. The maximum absolute atomic E-state index is 8.42. The maximum atomic E-state index is 8.42. The minimum Gasteiger partial charge on any atom is -0.429 e. The molecule has 1 aromatic heterocycles. The second-order valence-electron chi connectivity index (χ2n) is 8.87. The van der Waals surface area contributed by atoms with Gasteiger partial charge in [0, 0.05) is 30.3 Å². The highest BCUT2D eigenvalue weighted by Gasteiger charge is 2.34. The average molecular weight is 417 g/mol. The summed E-state index contributed by atoms with van der Waals surface area (Å²) in [5, 5.41) is 32.6. The molecule has 7 nitrogen and oxygen atoms in total. The zero-order valence-corrected chi connectivity index (χ0v) is 18.2. The second kappa shape index (κ2) is 7.72. The Morgan fingerprint density at radius 1 is 1.06 bits per heavy atom. The van der Waals surface area contributed by atoms with Crippen LogP contribution in [0.15, 0.2) is 36.7 Å². The summed E-state index contributed by atoms with van der Waals surface area (Å²) in [5.74, 6) is 1.22. The summed E-state index contributed by atoms with van der Waals surface area (Å²) in [4.78, 5) is 6.11. The minimum atomic E-state index is -0.707. The smallest absolute Gasteiger partial charge is 0.199 e. The predicted molar refractivity (Wildman–Crippen MR) is 124 cm³/mol. The number of aryl methyl sites for hydroxylation is 1. The normalized spacial score (nSPS) is 16.0. The number of benzene rings is 1. The van der Waals surface area contributed by atoms with Gasteiger partial charge in [-0.25, -0.2) is 0 Å². The zero-order valence-electron chi connectivity index (χ0n) is 18.2. The maximum Gasteiger partial charge on any atom is 0.199 e. The quantitative estimate of drug-likeness (QED) is 0.408. The van der Waals surface area contributed by atoms with E-state index in [1.807, 2.05) is 38.2 Å². The summed E-state index contributed by atoms with van der Waals surface area (Å²) in [6, 6.07) is 8.09. The molecule has 4 N–H and O–H groups in total. The first-order valence-electron chi connectivity index (χ1n) is 10.6. The first-order valence-corrected chi connectivity index (χ1v) is 10.6. The highest BCUT2D eigenvalue weighted by Crippen LogP contribution is 2.35. The molecule has 31 heavy (non-hydrogen) atoms. The van der Waals surface area contributed by atoms with Crippen LogP contribution < -0.4 is 4.90 Å². The minimum absolute atomic E-state index is 0.0596. The number of pyridine rings is 1. The van der Waals surface area contributed by atoms with E-state index in [1.54, 1.807) is 18.0 Å². The van der Waals surface area contributed by atoms with Crippen LogP contribution in [-0.2, 0) is 16.6 Å². The van der Waals surface area contributed by atoms with Crippen LogP contribution >= 0.6 is 0 Å². The largest absolute Gasteiger partial charge is 0.429 e.